The molecule has 0 radical (unpaired) electrons. The lowest BCUT2D eigenvalue weighted by Gasteiger charge is -2.29. The highest BCUT2D eigenvalue weighted by atomic mass is 16.5. The molecule has 0 spiro atoms. The van der Waals surface area contributed by atoms with E-state index in [-0.39, 0.29) is 18.4 Å². The number of rotatable bonds is 9. The third kappa shape index (κ3) is 6.72. The Morgan fingerprint density at radius 2 is 1.75 bits per heavy atom. The van der Waals surface area contributed by atoms with E-state index < -0.39 is 6.04 Å². The van der Waals surface area contributed by atoms with Crippen molar-refractivity contribution in [3.63, 3.8) is 0 Å². The van der Waals surface area contributed by atoms with E-state index in [9.17, 15) is 9.59 Å². The minimum Gasteiger partial charge on any atom is -0.484 e. The molecule has 0 aliphatic heterocycles. The van der Waals surface area contributed by atoms with Gasteiger partial charge in [0.05, 0.1) is 0 Å². The first-order chi connectivity index (χ1) is 13.4. The predicted molar refractivity (Wildman–Crippen MR) is 111 cm³/mol. The van der Waals surface area contributed by atoms with Crippen LogP contribution >= 0.6 is 0 Å². The molecule has 5 heteroatoms. The smallest absolute Gasteiger partial charge is 0.261 e. The van der Waals surface area contributed by atoms with Gasteiger partial charge in [0, 0.05) is 13.1 Å². The van der Waals surface area contributed by atoms with Crippen molar-refractivity contribution >= 4 is 11.8 Å². The third-order valence-electron chi connectivity index (χ3n) is 4.39. The second-order valence-corrected chi connectivity index (χ2v) is 7.43. The highest BCUT2D eigenvalue weighted by molar-refractivity contribution is 5.87. The molecule has 0 saturated heterocycles. The fourth-order valence-corrected chi connectivity index (χ4v) is 2.79. The summed E-state index contributed by atoms with van der Waals surface area (Å²) in [5.41, 5.74) is 2.10. The predicted octanol–water partition coefficient (Wildman–Crippen LogP) is 3.56. The van der Waals surface area contributed by atoms with E-state index >= 15 is 0 Å². The molecule has 0 fully saturated rings. The summed E-state index contributed by atoms with van der Waals surface area (Å²) in [6.07, 6.45) is 0. The molecule has 2 aromatic rings. The zero-order valence-corrected chi connectivity index (χ0v) is 17.1. The number of hydrogen-bond acceptors (Lipinski definition) is 3. The first-order valence-corrected chi connectivity index (χ1v) is 9.67. The number of carbonyl (C=O) groups is 2. The number of nitrogens with zero attached hydrogens (tertiary/aromatic N) is 1. The van der Waals surface area contributed by atoms with Crippen molar-refractivity contribution in [2.75, 3.05) is 13.2 Å². The molecule has 5 nitrogen and oxygen atoms in total. The number of carbonyl (C=O) groups excluding carboxylic acids is 2. The Morgan fingerprint density at radius 3 is 2.39 bits per heavy atom. The monoisotopic (exact) mass is 382 g/mol. The Kier molecular flexibility index (Phi) is 8.05. The van der Waals surface area contributed by atoms with E-state index in [4.69, 9.17) is 4.74 Å². The van der Waals surface area contributed by atoms with Crippen molar-refractivity contribution in [3.05, 3.63) is 65.7 Å². The summed E-state index contributed by atoms with van der Waals surface area (Å²) in [4.78, 5) is 27.1. The van der Waals surface area contributed by atoms with Gasteiger partial charge in [-0.2, -0.15) is 0 Å². The summed E-state index contributed by atoms with van der Waals surface area (Å²) in [5.74, 6) is 0.591. The maximum atomic E-state index is 12.9. The second-order valence-electron chi connectivity index (χ2n) is 7.43. The van der Waals surface area contributed by atoms with Crippen molar-refractivity contribution < 1.29 is 14.3 Å². The lowest BCUT2D eigenvalue weighted by molar-refractivity contribution is -0.142. The summed E-state index contributed by atoms with van der Waals surface area (Å²) in [7, 11) is 0. The molecule has 0 aromatic heterocycles. The van der Waals surface area contributed by atoms with Crippen molar-refractivity contribution in [2.45, 2.75) is 40.3 Å². The van der Waals surface area contributed by atoms with Crippen LogP contribution in [-0.2, 0) is 16.1 Å². The molecule has 0 saturated carbocycles. The lowest BCUT2D eigenvalue weighted by atomic mass is 10.1. The molecule has 2 aromatic carbocycles. The van der Waals surface area contributed by atoms with Crippen LogP contribution in [0.25, 0.3) is 0 Å². The summed E-state index contributed by atoms with van der Waals surface area (Å²) in [6, 6.07) is 16.6. The molecule has 2 amide bonds. The molecule has 1 N–H and O–H groups in total. The summed E-state index contributed by atoms with van der Waals surface area (Å²) in [5, 5.41) is 2.91. The van der Waals surface area contributed by atoms with Crippen molar-refractivity contribution in [1.82, 2.24) is 10.2 Å². The standard InChI is InChI=1S/C23H30N2O3/c1-17(2)14-24-23(27)19(4)25(15-20-10-8-9-18(3)13-20)22(26)16-28-21-11-6-5-7-12-21/h5-13,17,19H,14-16H2,1-4H3,(H,24,27)/t19-/m0/s1. The van der Waals surface area contributed by atoms with Crippen LogP contribution in [0.1, 0.15) is 31.9 Å². The summed E-state index contributed by atoms with van der Waals surface area (Å²) in [6.45, 7) is 8.66. The van der Waals surface area contributed by atoms with E-state index in [1.54, 1.807) is 24.0 Å². The van der Waals surface area contributed by atoms with Gasteiger partial charge < -0.3 is 15.0 Å². The van der Waals surface area contributed by atoms with Crippen molar-refractivity contribution in [1.29, 1.82) is 0 Å². The van der Waals surface area contributed by atoms with Crippen molar-refractivity contribution in [3.8, 4) is 5.75 Å². The number of ether oxygens (including phenoxy) is 1. The molecule has 0 heterocycles. The average Bonchev–Trinajstić information content (AvgIpc) is 2.68. The van der Waals surface area contributed by atoms with Crippen LogP contribution in [0.4, 0.5) is 0 Å². The molecule has 150 valence electrons. The van der Waals surface area contributed by atoms with Crippen LogP contribution < -0.4 is 10.1 Å². The Balaban J connectivity index is 2.11. The zero-order chi connectivity index (χ0) is 20.5. The quantitative estimate of drug-likeness (QED) is 0.721. The van der Waals surface area contributed by atoms with Crippen LogP contribution in [-0.4, -0.2) is 35.9 Å². The molecule has 0 aliphatic rings. The number of amides is 2. The fraction of sp³-hybridized carbons (Fsp3) is 0.391. The van der Waals surface area contributed by atoms with Gasteiger partial charge >= 0.3 is 0 Å². The lowest BCUT2D eigenvalue weighted by Crippen LogP contribution is -2.49. The van der Waals surface area contributed by atoms with E-state index in [0.29, 0.717) is 24.8 Å². The zero-order valence-electron chi connectivity index (χ0n) is 17.1. The maximum absolute atomic E-state index is 12.9. The summed E-state index contributed by atoms with van der Waals surface area (Å²) >= 11 is 0. The van der Waals surface area contributed by atoms with Crippen LogP contribution in [0.5, 0.6) is 5.75 Å². The van der Waals surface area contributed by atoms with Crippen LogP contribution in [0.2, 0.25) is 0 Å². The summed E-state index contributed by atoms with van der Waals surface area (Å²) < 4.78 is 5.62. The Hall–Kier alpha value is -2.82. The molecular formula is C23H30N2O3. The Bertz CT molecular complexity index is 774. The highest BCUT2D eigenvalue weighted by Crippen LogP contribution is 2.13. The topological polar surface area (TPSA) is 58.6 Å². The van der Waals surface area contributed by atoms with E-state index in [0.717, 1.165) is 11.1 Å². The van der Waals surface area contributed by atoms with Crippen LogP contribution in [0, 0.1) is 12.8 Å². The molecule has 1 atom stereocenters. The van der Waals surface area contributed by atoms with Gasteiger partial charge in [-0.1, -0.05) is 61.9 Å². The largest absolute Gasteiger partial charge is 0.484 e. The van der Waals surface area contributed by atoms with E-state index in [1.807, 2.05) is 63.2 Å². The Morgan fingerprint density at radius 1 is 1.04 bits per heavy atom. The third-order valence-corrected chi connectivity index (χ3v) is 4.39. The van der Waals surface area contributed by atoms with Gasteiger partial charge in [-0.05, 0) is 37.5 Å². The number of benzene rings is 2. The van der Waals surface area contributed by atoms with Gasteiger partial charge in [0.15, 0.2) is 6.61 Å². The average molecular weight is 383 g/mol. The number of hydrogen-bond donors (Lipinski definition) is 1. The van der Waals surface area contributed by atoms with Crippen LogP contribution in [0.3, 0.4) is 0 Å². The van der Waals surface area contributed by atoms with E-state index in [2.05, 4.69) is 5.32 Å². The first kappa shape index (κ1) is 21.5. The molecule has 2 rings (SSSR count). The van der Waals surface area contributed by atoms with E-state index in [1.165, 1.54) is 0 Å². The van der Waals surface area contributed by atoms with Crippen molar-refractivity contribution in [2.24, 2.45) is 5.92 Å². The van der Waals surface area contributed by atoms with Crippen LogP contribution in [0.15, 0.2) is 54.6 Å². The maximum Gasteiger partial charge on any atom is 0.261 e. The minimum atomic E-state index is -0.592. The van der Waals surface area contributed by atoms with Gasteiger partial charge in [-0.3, -0.25) is 9.59 Å². The molecule has 0 unspecified atom stereocenters. The van der Waals surface area contributed by atoms with Gasteiger partial charge in [0.25, 0.3) is 5.91 Å². The minimum absolute atomic E-state index is 0.113. The van der Waals surface area contributed by atoms with Gasteiger partial charge in [0.2, 0.25) is 5.91 Å². The van der Waals surface area contributed by atoms with Gasteiger partial charge in [0.1, 0.15) is 11.8 Å². The SMILES string of the molecule is Cc1cccc(CN(C(=O)COc2ccccc2)[C@@H](C)C(=O)NCC(C)C)c1. The number of nitrogens with one attached hydrogen (secondary N) is 1. The second kappa shape index (κ2) is 10.5. The number of para-hydroxylation sites is 1. The molecule has 0 bridgehead atoms. The van der Waals surface area contributed by atoms with Gasteiger partial charge in [-0.15, -0.1) is 0 Å². The molecular weight excluding hydrogens is 352 g/mol. The normalized spacial score (nSPS) is 11.8. The highest BCUT2D eigenvalue weighted by Gasteiger charge is 2.26. The molecule has 28 heavy (non-hydrogen) atoms. The Labute approximate surface area is 167 Å². The van der Waals surface area contributed by atoms with Gasteiger partial charge in [-0.25, -0.2) is 0 Å². The number of aryl methyl sites for hydroxylation is 1. The first-order valence-electron chi connectivity index (χ1n) is 9.67. The molecule has 0 aliphatic carbocycles. The fourth-order valence-electron chi connectivity index (χ4n) is 2.79.